The zero-order valence-corrected chi connectivity index (χ0v) is 11.9. The molecule has 0 aliphatic carbocycles. The Balaban J connectivity index is 2.58. The zero-order chi connectivity index (χ0) is 15.0. The van der Waals surface area contributed by atoms with Crippen molar-refractivity contribution in [3.63, 3.8) is 0 Å². The van der Waals surface area contributed by atoms with E-state index in [0.717, 1.165) is 0 Å². The number of thioether (sulfide) groups is 1. The predicted molar refractivity (Wildman–Crippen MR) is 77.4 cm³/mol. The van der Waals surface area contributed by atoms with Crippen molar-refractivity contribution in [3.05, 3.63) is 29.8 Å². The molecule has 0 fully saturated rings. The Kier molecular flexibility index (Phi) is 7.32. The van der Waals surface area contributed by atoms with Crippen molar-refractivity contribution in [2.24, 2.45) is 0 Å². The lowest BCUT2D eigenvalue weighted by atomic mass is 10.2. The molecule has 1 rings (SSSR count). The Morgan fingerprint density at radius 3 is 2.80 bits per heavy atom. The molecular weight excluding hydrogens is 286 g/mol. The van der Waals surface area contributed by atoms with Gasteiger partial charge in [0.15, 0.2) is 0 Å². The second-order valence-electron chi connectivity index (χ2n) is 4.19. The summed E-state index contributed by atoms with van der Waals surface area (Å²) in [6, 6.07) is 4.92. The largest absolute Gasteiger partial charge is 0.396 e. The summed E-state index contributed by atoms with van der Waals surface area (Å²) in [5, 5.41) is 14.1. The predicted octanol–water partition coefficient (Wildman–Crippen LogP) is 2.86. The summed E-state index contributed by atoms with van der Waals surface area (Å²) in [5.74, 6) is 0.672. The first-order valence-electron chi connectivity index (χ1n) is 6.12. The van der Waals surface area contributed by atoms with Gasteiger partial charge in [0.1, 0.15) is 0 Å². The van der Waals surface area contributed by atoms with E-state index >= 15 is 0 Å². The highest BCUT2D eigenvalue weighted by Gasteiger charge is 2.12. The third kappa shape index (κ3) is 5.75. The van der Waals surface area contributed by atoms with E-state index in [-0.39, 0.29) is 18.2 Å². The van der Waals surface area contributed by atoms with E-state index in [2.05, 4.69) is 10.6 Å². The first-order valence-corrected chi connectivity index (χ1v) is 7.51. The van der Waals surface area contributed by atoms with Crippen LogP contribution in [0.1, 0.15) is 18.4 Å². The Bertz CT molecular complexity index is 427. The molecule has 3 N–H and O–H groups in total. The molecule has 1 atom stereocenters. The molecule has 0 radical (unpaired) electrons. The molecule has 0 unspecified atom stereocenters. The van der Waals surface area contributed by atoms with Gasteiger partial charge in [0.2, 0.25) is 0 Å². The molecule has 2 amide bonds. The zero-order valence-electron chi connectivity index (χ0n) is 11.1. The molecule has 0 aromatic heterocycles. The van der Waals surface area contributed by atoms with Crippen LogP contribution in [0.5, 0.6) is 0 Å². The monoisotopic (exact) mass is 304 g/mol. The van der Waals surface area contributed by atoms with Gasteiger partial charge in [-0.3, -0.25) is 0 Å². The molecule has 0 saturated carbocycles. The maximum absolute atomic E-state index is 12.5. The standard InChI is InChI=1S/C13H18F2N2O2S/c1-20-8-11(5-6-18)17-13(19)16-10-4-2-3-9(7-10)12(14)15/h2-4,7,11-12,18H,5-6,8H2,1H3,(H2,16,17,19)/t11-/m1/s1. The van der Waals surface area contributed by atoms with E-state index in [9.17, 15) is 13.6 Å². The maximum atomic E-state index is 12.5. The number of halogens is 2. The van der Waals surface area contributed by atoms with Crippen LogP contribution in [0.2, 0.25) is 0 Å². The lowest BCUT2D eigenvalue weighted by Gasteiger charge is -2.17. The van der Waals surface area contributed by atoms with E-state index < -0.39 is 12.5 Å². The van der Waals surface area contributed by atoms with Gasteiger partial charge in [-0.05, 0) is 24.8 Å². The van der Waals surface area contributed by atoms with Crippen molar-refractivity contribution >= 4 is 23.5 Å². The summed E-state index contributed by atoms with van der Waals surface area (Å²) in [7, 11) is 0. The van der Waals surface area contributed by atoms with E-state index in [1.165, 1.54) is 18.2 Å². The fourth-order valence-electron chi connectivity index (χ4n) is 1.66. The van der Waals surface area contributed by atoms with Crippen molar-refractivity contribution < 1.29 is 18.7 Å². The molecule has 7 heteroatoms. The van der Waals surface area contributed by atoms with Crippen molar-refractivity contribution in [2.45, 2.75) is 18.9 Å². The highest BCUT2D eigenvalue weighted by atomic mass is 32.2. The molecule has 0 saturated heterocycles. The summed E-state index contributed by atoms with van der Waals surface area (Å²) >= 11 is 1.55. The second-order valence-corrected chi connectivity index (χ2v) is 5.10. The minimum absolute atomic E-state index is 0.0215. The molecule has 1 aromatic rings. The normalized spacial score (nSPS) is 12.2. The van der Waals surface area contributed by atoms with Gasteiger partial charge in [0.05, 0.1) is 0 Å². The fraction of sp³-hybridized carbons (Fsp3) is 0.462. The Labute approximate surface area is 120 Å². The molecule has 0 heterocycles. The Hall–Kier alpha value is -1.34. The van der Waals surface area contributed by atoms with Crippen molar-refractivity contribution in [3.8, 4) is 0 Å². The Morgan fingerprint density at radius 2 is 2.20 bits per heavy atom. The van der Waals surface area contributed by atoms with Crippen molar-refractivity contribution in [2.75, 3.05) is 23.9 Å². The van der Waals surface area contributed by atoms with Gasteiger partial charge in [-0.1, -0.05) is 12.1 Å². The van der Waals surface area contributed by atoms with Crippen LogP contribution in [0.25, 0.3) is 0 Å². The van der Waals surface area contributed by atoms with Gasteiger partial charge in [-0.25, -0.2) is 13.6 Å². The quantitative estimate of drug-likeness (QED) is 0.726. The third-order valence-electron chi connectivity index (χ3n) is 2.58. The SMILES string of the molecule is CSC[C@@H](CCO)NC(=O)Nc1cccc(C(F)F)c1. The van der Waals surface area contributed by atoms with E-state index in [1.54, 1.807) is 17.8 Å². The summed E-state index contributed by atoms with van der Waals surface area (Å²) in [6.45, 7) is -0.0215. The lowest BCUT2D eigenvalue weighted by molar-refractivity contribution is 0.151. The minimum Gasteiger partial charge on any atom is -0.396 e. The summed E-state index contributed by atoms with van der Waals surface area (Å²) < 4.78 is 25.1. The molecule has 0 spiro atoms. The van der Waals surface area contributed by atoms with Gasteiger partial charge in [-0.15, -0.1) is 0 Å². The van der Waals surface area contributed by atoms with Crippen LogP contribution in [-0.2, 0) is 0 Å². The van der Waals surface area contributed by atoms with Crippen LogP contribution in [0, 0.1) is 0 Å². The number of rotatable bonds is 7. The number of alkyl halides is 2. The third-order valence-corrected chi connectivity index (χ3v) is 3.31. The van der Waals surface area contributed by atoms with E-state index in [1.807, 2.05) is 6.26 Å². The molecule has 0 bridgehead atoms. The molecule has 0 aliphatic heterocycles. The van der Waals surface area contributed by atoms with Crippen LogP contribution in [0.3, 0.4) is 0 Å². The lowest BCUT2D eigenvalue weighted by Crippen LogP contribution is -2.40. The average molecular weight is 304 g/mol. The van der Waals surface area contributed by atoms with E-state index in [4.69, 9.17) is 5.11 Å². The molecule has 1 aromatic carbocycles. The summed E-state index contributed by atoms with van der Waals surface area (Å²) in [4.78, 5) is 11.8. The number of nitrogens with one attached hydrogen (secondary N) is 2. The molecule has 0 aliphatic rings. The van der Waals surface area contributed by atoms with Gasteiger partial charge in [-0.2, -0.15) is 11.8 Å². The number of carbonyl (C=O) groups is 1. The van der Waals surface area contributed by atoms with Crippen LogP contribution in [0.4, 0.5) is 19.3 Å². The number of aliphatic hydroxyl groups is 1. The number of hydrogen-bond donors (Lipinski definition) is 3. The Morgan fingerprint density at radius 1 is 1.45 bits per heavy atom. The number of carbonyl (C=O) groups excluding carboxylic acids is 1. The summed E-state index contributed by atoms with van der Waals surface area (Å²) in [5.41, 5.74) is 0.172. The van der Waals surface area contributed by atoms with Crippen molar-refractivity contribution in [1.29, 1.82) is 0 Å². The number of benzene rings is 1. The smallest absolute Gasteiger partial charge is 0.319 e. The van der Waals surface area contributed by atoms with Crippen molar-refractivity contribution in [1.82, 2.24) is 5.32 Å². The van der Waals surface area contributed by atoms with Crippen LogP contribution in [0.15, 0.2) is 24.3 Å². The van der Waals surface area contributed by atoms with Crippen LogP contribution >= 0.6 is 11.8 Å². The van der Waals surface area contributed by atoms with Gasteiger partial charge >= 0.3 is 6.03 Å². The number of hydrogen-bond acceptors (Lipinski definition) is 3. The number of urea groups is 1. The first-order chi connectivity index (χ1) is 9.56. The topological polar surface area (TPSA) is 61.4 Å². The van der Waals surface area contributed by atoms with Gasteiger partial charge in [0, 0.05) is 29.7 Å². The van der Waals surface area contributed by atoms with Gasteiger partial charge < -0.3 is 15.7 Å². The highest BCUT2D eigenvalue weighted by molar-refractivity contribution is 7.98. The number of anilines is 1. The highest BCUT2D eigenvalue weighted by Crippen LogP contribution is 2.21. The summed E-state index contributed by atoms with van der Waals surface area (Å²) in [6.07, 6.45) is -0.222. The van der Waals surface area contributed by atoms with Gasteiger partial charge in [0.25, 0.3) is 6.43 Å². The average Bonchev–Trinajstić information content (AvgIpc) is 2.39. The molecule has 4 nitrogen and oxygen atoms in total. The number of amides is 2. The minimum atomic E-state index is -2.57. The van der Waals surface area contributed by atoms with Crippen LogP contribution in [-0.4, -0.2) is 35.8 Å². The molecule has 20 heavy (non-hydrogen) atoms. The maximum Gasteiger partial charge on any atom is 0.319 e. The second kappa shape index (κ2) is 8.76. The molecule has 112 valence electrons. The first kappa shape index (κ1) is 16.7. The fourth-order valence-corrected chi connectivity index (χ4v) is 2.31. The van der Waals surface area contributed by atoms with Crippen LogP contribution < -0.4 is 10.6 Å². The number of aliphatic hydroxyl groups excluding tert-OH is 1. The molecular formula is C13H18F2N2O2S. The van der Waals surface area contributed by atoms with E-state index in [0.29, 0.717) is 17.9 Å².